The van der Waals surface area contributed by atoms with E-state index in [1.807, 2.05) is 0 Å². The molecule has 0 aliphatic carbocycles. The molecule has 484 valence electrons. The van der Waals surface area contributed by atoms with E-state index in [2.05, 4.69) is 50.3 Å². The fourth-order valence-corrected chi connectivity index (χ4v) is 11.8. The summed E-state index contributed by atoms with van der Waals surface area (Å²) in [6, 6.07) is 0. The highest BCUT2D eigenvalue weighted by Crippen LogP contribution is 2.20. The van der Waals surface area contributed by atoms with E-state index in [-0.39, 0.29) is 25.2 Å². The second-order valence-corrected chi connectivity index (χ2v) is 25.7. The summed E-state index contributed by atoms with van der Waals surface area (Å²) in [6.45, 7) is 4.20. The van der Waals surface area contributed by atoms with Crippen LogP contribution < -0.4 is 0 Å². The third kappa shape index (κ3) is 70.6. The largest absolute Gasteiger partial charge is 0.462 e. The second kappa shape index (κ2) is 73.4. The van der Waals surface area contributed by atoms with Gasteiger partial charge in [0.15, 0.2) is 6.10 Å². The molecule has 82 heavy (non-hydrogen) atoms. The zero-order chi connectivity index (χ0) is 59.1. The molecule has 0 aliphatic rings. The number of unbranched alkanes of at least 4 members (excludes halogenated alkanes) is 57. The van der Waals surface area contributed by atoms with Gasteiger partial charge in [-0.2, -0.15) is 0 Å². The van der Waals surface area contributed by atoms with Gasteiger partial charge in [0.2, 0.25) is 0 Å². The number of carbonyl (C=O) groups excluding carboxylic acids is 2. The molecule has 0 saturated carbocycles. The van der Waals surface area contributed by atoms with Gasteiger partial charge in [-0.05, 0) is 51.4 Å². The smallest absolute Gasteiger partial charge is 0.306 e. The third-order valence-corrected chi connectivity index (χ3v) is 17.4. The van der Waals surface area contributed by atoms with Crippen molar-refractivity contribution < 1.29 is 24.2 Å². The normalized spacial score (nSPS) is 12.3. The molecular formula is C77H146O5. The van der Waals surface area contributed by atoms with E-state index >= 15 is 0 Å². The van der Waals surface area contributed by atoms with E-state index < -0.39 is 6.10 Å². The molecule has 0 saturated heterocycles. The fourth-order valence-electron chi connectivity index (χ4n) is 11.8. The molecule has 0 radical (unpaired) electrons. The molecule has 5 nitrogen and oxygen atoms in total. The number of allylic oxidation sites excluding steroid dienone is 6. The molecule has 0 rings (SSSR count). The van der Waals surface area contributed by atoms with E-state index in [0.717, 1.165) is 44.9 Å². The SMILES string of the molecule is CCCCCCC/C=C\C/C=C\C/C=C\CCCCCCCCCCCCCCCCCCCCC(=O)OC(CO)COC(=O)CCCCCCCCCCCCCCCCCCCCCCCCCCCCCCCCCCCCC. The lowest BCUT2D eigenvalue weighted by atomic mass is 10.0. The Bertz CT molecular complexity index is 1300. The van der Waals surface area contributed by atoms with Crippen LogP contribution in [0, 0.1) is 0 Å². The van der Waals surface area contributed by atoms with E-state index in [0.29, 0.717) is 12.8 Å². The summed E-state index contributed by atoms with van der Waals surface area (Å²) in [5, 5.41) is 9.71. The van der Waals surface area contributed by atoms with Gasteiger partial charge >= 0.3 is 11.9 Å². The molecule has 0 aromatic carbocycles. The van der Waals surface area contributed by atoms with E-state index in [1.54, 1.807) is 0 Å². The monoisotopic (exact) mass is 1150 g/mol. The second-order valence-electron chi connectivity index (χ2n) is 25.7. The summed E-state index contributed by atoms with van der Waals surface area (Å²) < 4.78 is 10.8. The quantitative estimate of drug-likeness (QED) is 0.0373. The maximum absolute atomic E-state index is 12.4. The van der Waals surface area contributed by atoms with E-state index in [1.165, 1.54) is 353 Å². The lowest BCUT2D eigenvalue weighted by Gasteiger charge is -2.15. The molecule has 0 aromatic heterocycles. The van der Waals surface area contributed by atoms with Gasteiger partial charge in [-0.1, -0.05) is 397 Å². The molecule has 0 aliphatic heterocycles. The average molecular weight is 1150 g/mol. The Labute approximate surface area is 514 Å². The van der Waals surface area contributed by atoms with Crippen LogP contribution in [0.2, 0.25) is 0 Å². The van der Waals surface area contributed by atoms with Gasteiger partial charge in [-0.15, -0.1) is 0 Å². The Morgan fingerprint density at radius 1 is 0.280 bits per heavy atom. The minimum atomic E-state index is -0.770. The molecule has 0 heterocycles. The van der Waals surface area contributed by atoms with Crippen molar-refractivity contribution in [2.24, 2.45) is 0 Å². The van der Waals surface area contributed by atoms with Gasteiger partial charge in [0.05, 0.1) is 6.61 Å². The summed E-state index contributed by atoms with van der Waals surface area (Å²) in [4.78, 5) is 24.7. The first kappa shape index (κ1) is 80.1. The lowest BCUT2D eigenvalue weighted by Crippen LogP contribution is -2.28. The molecule has 1 unspecified atom stereocenters. The predicted octanol–water partition coefficient (Wildman–Crippen LogP) is 26.1. The summed E-state index contributed by atoms with van der Waals surface area (Å²) in [5.41, 5.74) is 0. The van der Waals surface area contributed by atoms with Gasteiger partial charge < -0.3 is 14.6 Å². The Morgan fingerprint density at radius 3 is 0.732 bits per heavy atom. The minimum absolute atomic E-state index is 0.0589. The van der Waals surface area contributed by atoms with Crippen molar-refractivity contribution in [3.63, 3.8) is 0 Å². The van der Waals surface area contributed by atoms with Crippen LogP contribution in [0.5, 0.6) is 0 Å². The highest BCUT2D eigenvalue weighted by molar-refractivity contribution is 5.70. The average Bonchev–Trinajstić information content (AvgIpc) is 3.49. The van der Waals surface area contributed by atoms with Crippen LogP contribution >= 0.6 is 0 Å². The molecule has 0 fully saturated rings. The van der Waals surface area contributed by atoms with Crippen molar-refractivity contribution in [1.29, 1.82) is 0 Å². The van der Waals surface area contributed by atoms with Gasteiger partial charge in [0.1, 0.15) is 6.61 Å². The molecular weight excluding hydrogens is 1000 g/mol. The lowest BCUT2D eigenvalue weighted by molar-refractivity contribution is -0.161. The standard InChI is InChI=1S/C77H146O5/c1-3-5-7-9-11-13-15-17-19-21-23-25-27-29-31-33-35-37-38-40-41-43-45-47-49-51-53-55-57-59-61-63-65-67-69-71-76(79)81-74-75(73-78)82-77(80)72-70-68-66-64-62-60-58-56-54-52-50-48-46-44-42-39-36-34-32-30-28-26-24-22-20-18-16-14-12-10-8-6-4-2/h16,18,22,24,28,30,75,78H,3-15,17,19-21,23,25-27,29,31-74H2,1-2H3/b18-16-,24-22-,30-28-. The number of hydrogen-bond acceptors (Lipinski definition) is 5. The Balaban J connectivity index is 3.37. The highest BCUT2D eigenvalue weighted by atomic mass is 16.6. The number of hydrogen-bond donors (Lipinski definition) is 1. The van der Waals surface area contributed by atoms with Crippen molar-refractivity contribution in [3.05, 3.63) is 36.5 Å². The zero-order valence-electron chi connectivity index (χ0n) is 55.8. The Hall–Kier alpha value is -1.88. The Kier molecular flexibility index (Phi) is 71.7. The number of ether oxygens (including phenoxy) is 2. The number of rotatable bonds is 71. The highest BCUT2D eigenvalue weighted by Gasteiger charge is 2.16. The van der Waals surface area contributed by atoms with Gasteiger partial charge in [-0.25, -0.2) is 0 Å². The maximum atomic E-state index is 12.4. The van der Waals surface area contributed by atoms with Crippen molar-refractivity contribution in [3.8, 4) is 0 Å². The van der Waals surface area contributed by atoms with Crippen LogP contribution in [-0.2, 0) is 19.1 Å². The van der Waals surface area contributed by atoms with Gasteiger partial charge in [0, 0.05) is 12.8 Å². The number of aliphatic hydroxyl groups is 1. The molecule has 0 bridgehead atoms. The van der Waals surface area contributed by atoms with Crippen LogP contribution in [-0.4, -0.2) is 36.4 Å². The van der Waals surface area contributed by atoms with Crippen LogP contribution in [0.4, 0.5) is 0 Å². The third-order valence-electron chi connectivity index (χ3n) is 17.4. The molecule has 0 aromatic rings. The van der Waals surface area contributed by atoms with Crippen LogP contribution in [0.15, 0.2) is 36.5 Å². The predicted molar refractivity (Wildman–Crippen MR) is 362 cm³/mol. The van der Waals surface area contributed by atoms with Gasteiger partial charge in [-0.3, -0.25) is 9.59 Å². The minimum Gasteiger partial charge on any atom is -0.462 e. The number of carbonyl (C=O) groups is 2. The fraction of sp³-hybridized carbons (Fsp3) is 0.896. The molecule has 5 heteroatoms. The summed E-state index contributed by atoms with van der Waals surface area (Å²) in [7, 11) is 0. The van der Waals surface area contributed by atoms with Crippen LogP contribution in [0.3, 0.4) is 0 Å². The topological polar surface area (TPSA) is 72.8 Å². The van der Waals surface area contributed by atoms with Crippen molar-refractivity contribution >= 4 is 11.9 Å². The summed E-state index contributed by atoms with van der Waals surface area (Å²) >= 11 is 0. The van der Waals surface area contributed by atoms with Gasteiger partial charge in [0.25, 0.3) is 0 Å². The van der Waals surface area contributed by atoms with Crippen molar-refractivity contribution in [2.45, 2.75) is 431 Å². The first-order valence-electron chi connectivity index (χ1n) is 37.5. The molecule has 1 atom stereocenters. The van der Waals surface area contributed by atoms with Crippen molar-refractivity contribution in [2.75, 3.05) is 13.2 Å². The summed E-state index contributed by atoms with van der Waals surface area (Å²) in [6.07, 6.45) is 97.9. The summed E-state index contributed by atoms with van der Waals surface area (Å²) in [5.74, 6) is -0.564. The van der Waals surface area contributed by atoms with Crippen molar-refractivity contribution in [1.82, 2.24) is 0 Å². The molecule has 1 N–H and O–H groups in total. The number of esters is 2. The van der Waals surface area contributed by atoms with Crippen LogP contribution in [0.25, 0.3) is 0 Å². The van der Waals surface area contributed by atoms with E-state index in [9.17, 15) is 14.7 Å². The molecule has 0 spiro atoms. The Morgan fingerprint density at radius 2 is 0.488 bits per heavy atom. The van der Waals surface area contributed by atoms with E-state index in [4.69, 9.17) is 9.47 Å². The maximum Gasteiger partial charge on any atom is 0.306 e. The number of aliphatic hydroxyl groups excluding tert-OH is 1. The zero-order valence-corrected chi connectivity index (χ0v) is 55.8. The molecule has 0 amide bonds. The van der Waals surface area contributed by atoms with Crippen LogP contribution in [0.1, 0.15) is 425 Å². The first-order chi connectivity index (χ1) is 40.6. The first-order valence-corrected chi connectivity index (χ1v) is 37.5.